The lowest BCUT2D eigenvalue weighted by atomic mass is 10.1. The van der Waals surface area contributed by atoms with Gasteiger partial charge in [-0.15, -0.1) is 0 Å². The first-order valence-corrected chi connectivity index (χ1v) is 9.79. The molecule has 0 saturated carbocycles. The maximum absolute atomic E-state index is 12.7. The van der Waals surface area contributed by atoms with Crippen LogP contribution in [0.25, 0.3) is 0 Å². The van der Waals surface area contributed by atoms with Gasteiger partial charge in [-0.25, -0.2) is 9.59 Å². The van der Waals surface area contributed by atoms with E-state index in [0.29, 0.717) is 0 Å². The smallest absolute Gasteiger partial charge is 0.444 e. The zero-order valence-electron chi connectivity index (χ0n) is 18.0. The van der Waals surface area contributed by atoms with E-state index >= 15 is 0 Å². The SMILES string of the molecule is CC(C)(C)OC(=O)N1C[C@@H]2OC(C)(C)O[C@H]2[C@@H]1COC(=O)Oc1ccc([N+](=O)[O-])cc1. The maximum atomic E-state index is 12.7. The van der Waals surface area contributed by atoms with Crippen LogP contribution >= 0.6 is 0 Å². The molecule has 3 rings (SSSR count). The van der Waals surface area contributed by atoms with Crippen LogP contribution in [-0.2, 0) is 18.9 Å². The third kappa shape index (κ3) is 5.61. The Bertz CT molecular complexity index is 847. The van der Waals surface area contributed by atoms with Gasteiger partial charge < -0.3 is 23.7 Å². The second kappa shape index (κ2) is 8.31. The van der Waals surface area contributed by atoms with Crippen molar-refractivity contribution in [3.63, 3.8) is 0 Å². The highest BCUT2D eigenvalue weighted by Gasteiger charge is 2.55. The van der Waals surface area contributed by atoms with E-state index in [4.69, 9.17) is 23.7 Å². The Balaban J connectivity index is 1.64. The monoisotopic (exact) mass is 438 g/mol. The molecule has 2 aliphatic heterocycles. The molecule has 0 radical (unpaired) electrons. The summed E-state index contributed by atoms with van der Waals surface area (Å²) in [7, 11) is 0. The second-order valence-electron chi connectivity index (χ2n) is 8.75. The normalized spacial score (nSPS) is 24.4. The zero-order valence-corrected chi connectivity index (χ0v) is 18.0. The molecule has 2 saturated heterocycles. The third-order valence-corrected chi connectivity index (χ3v) is 4.63. The Labute approximate surface area is 179 Å². The van der Waals surface area contributed by atoms with E-state index in [1.807, 2.05) is 0 Å². The fourth-order valence-corrected chi connectivity index (χ4v) is 3.47. The first-order chi connectivity index (χ1) is 14.3. The standard InChI is InChI=1S/C20H26N2O9/c1-19(2,3)31-17(23)21-10-15-16(30-20(4,5)29-15)14(21)11-27-18(24)28-13-8-6-12(7-9-13)22(25)26/h6-9,14-16H,10-11H2,1-5H3/t14-,15-,16-/m0/s1. The average molecular weight is 438 g/mol. The molecule has 1 amide bonds. The summed E-state index contributed by atoms with van der Waals surface area (Å²) in [4.78, 5) is 36.3. The second-order valence-corrected chi connectivity index (χ2v) is 8.75. The number of hydrogen-bond acceptors (Lipinski definition) is 9. The van der Waals surface area contributed by atoms with E-state index in [-0.39, 0.29) is 30.7 Å². The maximum Gasteiger partial charge on any atom is 0.513 e. The van der Waals surface area contributed by atoms with Gasteiger partial charge in [0.05, 0.1) is 17.5 Å². The number of non-ortho nitro benzene ring substituents is 1. The quantitative estimate of drug-likeness (QED) is 0.301. The number of amides is 1. The minimum absolute atomic E-state index is 0.0884. The van der Waals surface area contributed by atoms with Crippen LogP contribution in [-0.4, -0.2) is 64.9 Å². The number of benzene rings is 1. The van der Waals surface area contributed by atoms with E-state index in [0.717, 1.165) is 0 Å². The molecule has 1 aromatic rings. The Morgan fingerprint density at radius 1 is 1.23 bits per heavy atom. The number of nitro benzene ring substituents is 1. The van der Waals surface area contributed by atoms with Gasteiger partial charge in [0, 0.05) is 12.1 Å². The largest absolute Gasteiger partial charge is 0.513 e. The zero-order chi connectivity index (χ0) is 23.0. The molecule has 11 nitrogen and oxygen atoms in total. The number of hydrogen-bond donors (Lipinski definition) is 0. The summed E-state index contributed by atoms with van der Waals surface area (Å²) in [6.07, 6.45) is -2.47. The van der Waals surface area contributed by atoms with Crippen LogP contribution in [0.3, 0.4) is 0 Å². The Hall–Kier alpha value is -2.92. The minimum atomic E-state index is -1.01. The summed E-state index contributed by atoms with van der Waals surface area (Å²) >= 11 is 0. The average Bonchev–Trinajstić information content (AvgIpc) is 3.11. The number of likely N-dealkylation sites (tertiary alicyclic amines) is 1. The topological polar surface area (TPSA) is 127 Å². The molecule has 11 heteroatoms. The van der Waals surface area contributed by atoms with Crippen LogP contribution in [0.5, 0.6) is 5.75 Å². The third-order valence-electron chi connectivity index (χ3n) is 4.63. The van der Waals surface area contributed by atoms with E-state index in [2.05, 4.69) is 0 Å². The molecule has 0 spiro atoms. The number of carbonyl (C=O) groups excluding carboxylic acids is 2. The van der Waals surface area contributed by atoms with Crippen molar-refractivity contribution in [1.82, 2.24) is 4.90 Å². The molecule has 0 N–H and O–H groups in total. The van der Waals surface area contributed by atoms with Gasteiger partial charge in [-0.2, -0.15) is 0 Å². The predicted molar refractivity (Wildman–Crippen MR) is 106 cm³/mol. The van der Waals surface area contributed by atoms with Gasteiger partial charge in [-0.1, -0.05) is 0 Å². The van der Waals surface area contributed by atoms with Crippen molar-refractivity contribution in [3.05, 3.63) is 34.4 Å². The Morgan fingerprint density at radius 2 is 1.87 bits per heavy atom. The predicted octanol–water partition coefficient (Wildman–Crippen LogP) is 3.25. The summed E-state index contributed by atoms with van der Waals surface area (Å²) < 4.78 is 27.5. The van der Waals surface area contributed by atoms with Crippen molar-refractivity contribution in [2.24, 2.45) is 0 Å². The molecule has 0 aromatic heterocycles. The fraction of sp³-hybridized carbons (Fsp3) is 0.600. The van der Waals surface area contributed by atoms with Gasteiger partial charge in [0.2, 0.25) is 0 Å². The number of fused-ring (bicyclic) bond motifs is 1. The van der Waals surface area contributed by atoms with Crippen molar-refractivity contribution >= 4 is 17.9 Å². The summed E-state index contributed by atoms with van der Waals surface area (Å²) in [6, 6.07) is 4.36. The van der Waals surface area contributed by atoms with Crippen molar-refractivity contribution in [1.29, 1.82) is 0 Å². The highest BCUT2D eigenvalue weighted by Crippen LogP contribution is 2.37. The van der Waals surface area contributed by atoms with Crippen LogP contribution in [0.15, 0.2) is 24.3 Å². The molecule has 1 aromatic carbocycles. The van der Waals surface area contributed by atoms with E-state index in [9.17, 15) is 19.7 Å². The summed E-state index contributed by atoms with van der Waals surface area (Å²) in [5, 5.41) is 10.7. The molecule has 31 heavy (non-hydrogen) atoms. The van der Waals surface area contributed by atoms with Gasteiger partial charge in [0.25, 0.3) is 5.69 Å². The van der Waals surface area contributed by atoms with Crippen LogP contribution in [0.4, 0.5) is 15.3 Å². The van der Waals surface area contributed by atoms with Crippen molar-refractivity contribution < 1.29 is 38.2 Å². The van der Waals surface area contributed by atoms with Gasteiger partial charge >= 0.3 is 12.2 Å². The van der Waals surface area contributed by atoms with Gasteiger partial charge in [0.15, 0.2) is 5.79 Å². The van der Waals surface area contributed by atoms with Crippen molar-refractivity contribution in [2.75, 3.05) is 13.2 Å². The van der Waals surface area contributed by atoms with Crippen molar-refractivity contribution in [2.45, 2.75) is 64.3 Å². The molecule has 0 unspecified atom stereocenters. The van der Waals surface area contributed by atoms with Gasteiger partial charge in [-0.05, 0) is 46.8 Å². The lowest BCUT2D eigenvalue weighted by Gasteiger charge is -2.31. The minimum Gasteiger partial charge on any atom is -0.444 e. The number of ether oxygens (including phenoxy) is 5. The highest BCUT2D eigenvalue weighted by molar-refractivity contribution is 5.69. The molecule has 0 aliphatic carbocycles. The number of rotatable bonds is 4. The molecule has 170 valence electrons. The number of carbonyl (C=O) groups is 2. The van der Waals surface area contributed by atoms with Crippen LogP contribution in [0.1, 0.15) is 34.6 Å². The van der Waals surface area contributed by atoms with Gasteiger partial charge in [0.1, 0.15) is 30.2 Å². The number of nitrogens with zero attached hydrogens (tertiary/aromatic N) is 2. The van der Waals surface area contributed by atoms with Crippen LogP contribution in [0, 0.1) is 10.1 Å². The first kappa shape index (κ1) is 22.8. The van der Waals surface area contributed by atoms with Gasteiger partial charge in [-0.3, -0.25) is 15.0 Å². The molecule has 0 bridgehead atoms. The Kier molecular flexibility index (Phi) is 6.10. The van der Waals surface area contributed by atoms with Crippen molar-refractivity contribution in [3.8, 4) is 5.75 Å². The highest BCUT2D eigenvalue weighted by atomic mass is 16.8. The first-order valence-electron chi connectivity index (χ1n) is 9.79. The summed E-state index contributed by atoms with van der Waals surface area (Å²) in [5.41, 5.74) is -0.831. The molecule has 2 heterocycles. The molecular formula is C20H26N2O9. The molecule has 2 fully saturated rings. The lowest BCUT2D eigenvalue weighted by molar-refractivity contribution is -0.384. The molecule has 2 aliphatic rings. The number of nitro groups is 1. The molecular weight excluding hydrogens is 412 g/mol. The fourth-order valence-electron chi connectivity index (χ4n) is 3.47. The summed E-state index contributed by atoms with van der Waals surface area (Å²) in [6.45, 7) is 8.83. The molecule has 3 atom stereocenters. The Morgan fingerprint density at radius 3 is 2.45 bits per heavy atom. The van der Waals surface area contributed by atoms with E-state index in [1.54, 1.807) is 34.6 Å². The van der Waals surface area contributed by atoms with E-state index < -0.39 is 40.7 Å². The van der Waals surface area contributed by atoms with E-state index in [1.165, 1.54) is 29.2 Å². The summed E-state index contributed by atoms with van der Waals surface area (Å²) in [5.74, 6) is -0.738. The van der Waals surface area contributed by atoms with Crippen LogP contribution in [0.2, 0.25) is 0 Å². The van der Waals surface area contributed by atoms with Crippen LogP contribution < -0.4 is 4.74 Å². The lowest BCUT2D eigenvalue weighted by Crippen LogP contribution is -2.47.